The fourth-order valence-electron chi connectivity index (χ4n) is 2.47. The molecule has 1 fully saturated rings. The fraction of sp³-hybridized carbons (Fsp3) is 0.500. The zero-order valence-corrected chi connectivity index (χ0v) is 13.0. The van der Waals surface area contributed by atoms with Gasteiger partial charge in [-0.3, -0.25) is 9.59 Å². The van der Waals surface area contributed by atoms with Gasteiger partial charge in [0, 0.05) is 19.5 Å². The summed E-state index contributed by atoms with van der Waals surface area (Å²) < 4.78 is 11.0. The van der Waals surface area contributed by atoms with Crippen LogP contribution in [0.15, 0.2) is 18.2 Å². The maximum Gasteiger partial charge on any atom is 0.308 e. The lowest BCUT2D eigenvalue weighted by Crippen LogP contribution is -2.25. The quantitative estimate of drug-likeness (QED) is 0.869. The number of methoxy groups -OCH3 is 1. The van der Waals surface area contributed by atoms with Crippen LogP contribution in [0.25, 0.3) is 0 Å². The molecule has 0 aromatic heterocycles. The van der Waals surface area contributed by atoms with Crippen molar-refractivity contribution in [3.8, 4) is 11.5 Å². The van der Waals surface area contributed by atoms with Crippen molar-refractivity contribution in [3.63, 3.8) is 0 Å². The van der Waals surface area contributed by atoms with Gasteiger partial charge in [0.2, 0.25) is 5.91 Å². The Morgan fingerprint density at radius 1 is 1.41 bits per heavy atom. The zero-order valence-electron chi connectivity index (χ0n) is 13.0. The Bertz CT molecular complexity index is 570. The number of hydrogen-bond donors (Lipinski definition) is 1. The molecule has 0 saturated carbocycles. The minimum absolute atomic E-state index is 0.0382. The van der Waals surface area contributed by atoms with Gasteiger partial charge in [0.05, 0.1) is 19.1 Å². The predicted molar refractivity (Wildman–Crippen MR) is 79.9 cm³/mol. The van der Waals surface area contributed by atoms with Crippen LogP contribution < -0.4 is 9.47 Å². The van der Waals surface area contributed by atoms with E-state index >= 15 is 0 Å². The van der Waals surface area contributed by atoms with E-state index in [4.69, 9.17) is 14.6 Å². The Balaban J connectivity index is 2.10. The molecule has 1 N–H and O–H groups in total. The molecule has 22 heavy (non-hydrogen) atoms. The number of rotatable bonds is 6. The molecule has 1 aromatic rings. The zero-order chi connectivity index (χ0) is 16.3. The van der Waals surface area contributed by atoms with Crippen LogP contribution in [-0.2, 0) is 16.1 Å². The summed E-state index contributed by atoms with van der Waals surface area (Å²) in [4.78, 5) is 24.4. The maximum absolute atomic E-state index is 11.9. The Kier molecular flexibility index (Phi) is 4.90. The molecule has 1 saturated heterocycles. The number of carboxylic acid groups (broad SMARTS) is 1. The van der Waals surface area contributed by atoms with E-state index in [9.17, 15) is 9.59 Å². The third-order valence-electron chi connectivity index (χ3n) is 3.53. The first-order valence-electron chi connectivity index (χ1n) is 7.25. The maximum atomic E-state index is 11.9. The SMILES string of the molecule is COc1cc(CN2C[C@H](C(=O)O)CC2=O)ccc1OC(C)C. The van der Waals surface area contributed by atoms with Crippen LogP contribution in [0, 0.1) is 5.92 Å². The van der Waals surface area contributed by atoms with Gasteiger partial charge >= 0.3 is 5.97 Å². The highest BCUT2D eigenvalue weighted by molar-refractivity contribution is 5.86. The molecular weight excluding hydrogens is 286 g/mol. The Morgan fingerprint density at radius 3 is 2.68 bits per heavy atom. The lowest BCUT2D eigenvalue weighted by molar-refractivity contribution is -0.141. The standard InChI is InChI=1S/C16H21NO5/c1-10(2)22-13-5-4-11(6-14(13)21-3)8-17-9-12(16(19)20)7-15(17)18/h4-6,10,12H,7-9H2,1-3H3,(H,19,20)/t12-/m1/s1. The molecule has 1 aliphatic heterocycles. The minimum Gasteiger partial charge on any atom is -0.493 e. The third-order valence-corrected chi connectivity index (χ3v) is 3.53. The highest BCUT2D eigenvalue weighted by Crippen LogP contribution is 2.30. The van der Waals surface area contributed by atoms with Crippen molar-refractivity contribution < 1.29 is 24.2 Å². The van der Waals surface area contributed by atoms with E-state index in [1.54, 1.807) is 12.0 Å². The second-order valence-corrected chi connectivity index (χ2v) is 5.67. The number of amides is 1. The van der Waals surface area contributed by atoms with Crippen LogP contribution in [-0.4, -0.2) is 41.6 Å². The number of hydrogen-bond acceptors (Lipinski definition) is 4. The molecule has 1 atom stereocenters. The first-order valence-corrected chi connectivity index (χ1v) is 7.25. The van der Waals surface area contributed by atoms with Crippen molar-refractivity contribution in [2.75, 3.05) is 13.7 Å². The summed E-state index contributed by atoms with van der Waals surface area (Å²) in [5, 5.41) is 9.00. The highest BCUT2D eigenvalue weighted by Gasteiger charge is 2.34. The number of nitrogens with zero attached hydrogens (tertiary/aromatic N) is 1. The molecule has 120 valence electrons. The van der Waals surface area contributed by atoms with Crippen molar-refractivity contribution in [3.05, 3.63) is 23.8 Å². The number of aliphatic carboxylic acids is 1. The molecule has 2 rings (SSSR count). The van der Waals surface area contributed by atoms with Crippen LogP contribution in [0.1, 0.15) is 25.8 Å². The molecular formula is C16H21NO5. The van der Waals surface area contributed by atoms with Crippen molar-refractivity contribution in [1.29, 1.82) is 0 Å². The highest BCUT2D eigenvalue weighted by atomic mass is 16.5. The van der Waals surface area contributed by atoms with Gasteiger partial charge in [0.25, 0.3) is 0 Å². The van der Waals surface area contributed by atoms with Gasteiger partial charge in [-0.25, -0.2) is 0 Å². The van der Waals surface area contributed by atoms with Gasteiger partial charge in [0.1, 0.15) is 0 Å². The van der Waals surface area contributed by atoms with E-state index in [1.165, 1.54) is 0 Å². The molecule has 0 radical (unpaired) electrons. The van der Waals surface area contributed by atoms with Crippen molar-refractivity contribution in [2.45, 2.75) is 32.9 Å². The number of benzene rings is 1. The average molecular weight is 307 g/mol. The molecule has 6 nitrogen and oxygen atoms in total. The van der Waals surface area contributed by atoms with Crippen LogP contribution in [0.2, 0.25) is 0 Å². The Morgan fingerprint density at radius 2 is 2.14 bits per heavy atom. The molecule has 1 amide bonds. The lowest BCUT2D eigenvalue weighted by Gasteiger charge is -2.18. The van der Waals surface area contributed by atoms with Crippen LogP contribution >= 0.6 is 0 Å². The summed E-state index contributed by atoms with van der Waals surface area (Å²) in [6, 6.07) is 5.49. The van der Waals surface area contributed by atoms with E-state index < -0.39 is 11.9 Å². The van der Waals surface area contributed by atoms with Gasteiger partial charge < -0.3 is 19.5 Å². The number of likely N-dealkylation sites (tertiary alicyclic amines) is 1. The number of carbonyl (C=O) groups excluding carboxylic acids is 1. The summed E-state index contributed by atoms with van der Waals surface area (Å²) in [6.07, 6.45) is 0.109. The fourth-order valence-corrected chi connectivity index (χ4v) is 2.47. The van der Waals surface area contributed by atoms with Crippen LogP contribution in [0.4, 0.5) is 0 Å². The van der Waals surface area contributed by atoms with E-state index in [-0.39, 0.29) is 25.0 Å². The monoisotopic (exact) mass is 307 g/mol. The van der Waals surface area contributed by atoms with Gasteiger partial charge in [-0.05, 0) is 31.5 Å². The minimum atomic E-state index is -0.922. The van der Waals surface area contributed by atoms with Crippen LogP contribution in [0.3, 0.4) is 0 Å². The lowest BCUT2D eigenvalue weighted by atomic mass is 10.1. The summed E-state index contributed by atoms with van der Waals surface area (Å²) in [5.74, 6) is -0.411. The largest absolute Gasteiger partial charge is 0.493 e. The number of carboxylic acids is 1. The first-order chi connectivity index (χ1) is 10.4. The summed E-state index contributed by atoms with van der Waals surface area (Å²) in [5.41, 5.74) is 0.882. The van der Waals surface area contributed by atoms with E-state index in [2.05, 4.69) is 0 Å². The normalized spacial score (nSPS) is 17.9. The number of ether oxygens (including phenoxy) is 2. The van der Waals surface area contributed by atoms with Gasteiger partial charge in [-0.15, -0.1) is 0 Å². The molecule has 0 aliphatic carbocycles. The first kappa shape index (κ1) is 16.1. The van der Waals surface area contributed by atoms with Crippen molar-refractivity contribution in [1.82, 2.24) is 4.90 Å². The van der Waals surface area contributed by atoms with Gasteiger partial charge in [-0.1, -0.05) is 6.07 Å². The average Bonchev–Trinajstić information content (AvgIpc) is 2.81. The number of carbonyl (C=O) groups is 2. The predicted octanol–water partition coefficient (Wildman–Crippen LogP) is 1.92. The van der Waals surface area contributed by atoms with Crippen LogP contribution in [0.5, 0.6) is 11.5 Å². The Hall–Kier alpha value is -2.24. The van der Waals surface area contributed by atoms with E-state index in [0.717, 1.165) is 5.56 Å². The second-order valence-electron chi connectivity index (χ2n) is 5.67. The molecule has 0 bridgehead atoms. The molecule has 0 unspecified atom stereocenters. The smallest absolute Gasteiger partial charge is 0.308 e. The summed E-state index contributed by atoms with van der Waals surface area (Å²) >= 11 is 0. The van der Waals surface area contributed by atoms with Gasteiger partial charge in [-0.2, -0.15) is 0 Å². The molecule has 6 heteroatoms. The summed E-state index contributed by atoms with van der Waals surface area (Å²) in [7, 11) is 1.56. The molecule has 0 spiro atoms. The summed E-state index contributed by atoms with van der Waals surface area (Å²) in [6.45, 7) is 4.49. The molecule has 1 aliphatic rings. The molecule has 1 heterocycles. The van der Waals surface area contributed by atoms with Gasteiger partial charge in [0.15, 0.2) is 11.5 Å². The second kappa shape index (κ2) is 6.68. The van der Waals surface area contributed by atoms with Crippen molar-refractivity contribution >= 4 is 11.9 Å². The van der Waals surface area contributed by atoms with E-state index in [1.807, 2.05) is 32.0 Å². The molecule has 1 aromatic carbocycles. The Labute approximate surface area is 129 Å². The van der Waals surface area contributed by atoms with E-state index in [0.29, 0.717) is 18.0 Å². The topological polar surface area (TPSA) is 76.1 Å². The van der Waals surface area contributed by atoms with Crippen molar-refractivity contribution in [2.24, 2.45) is 5.92 Å². The third kappa shape index (κ3) is 3.69.